The highest BCUT2D eigenvalue weighted by Crippen LogP contribution is 2.24. The number of carboxylic acid groups (broad SMARTS) is 1. The van der Waals surface area contributed by atoms with Crippen LogP contribution in [0.25, 0.3) is 0 Å². The summed E-state index contributed by atoms with van der Waals surface area (Å²) < 4.78 is 0. The van der Waals surface area contributed by atoms with Gasteiger partial charge in [-0.25, -0.2) is 0 Å². The molecule has 2 amide bonds. The molecule has 0 radical (unpaired) electrons. The largest absolute Gasteiger partial charge is 0.481 e. The van der Waals surface area contributed by atoms with Crippen molar-refractivity contribution in [3.05, 3.63) is 0 Å². The molecule has 0 aliphatic heterocycles. The summed E-state index contributed by atoms with van der Waals surface area (Å²) in [6.45, 7) is 5.63. The van der Waals surface area contributed by atoms with Gasteiger partial charge < -0.3 is 15.3 Å². The molecule has 1 aliphatic carbocycles. The zero-order valence-corrected chi connectivity index (χ0v) is 15.8. The van der Waals surface area contributed by atoms with E-state index in [9.17, 15) is 19.5 Å². The Bertz CT molecular complexity index is 433. The number of hydrogen-bond donors (Lipinski definition) is 2. The Labute approximate surface area is 151 Å². The molecule has 0 unspecified atom stereocenters. The van der Waals surface area contributed by atoms with Gasteiger partial charge in [0.2, 0.25) is 11.8 Å². The maximum atomic E-state index is 12.2. The van der Waals surface area contributed by atoms with Crippen LogP contribution in [-0.4, -0.2) is 46.9 Å². The maximum Gasteiger partial charge on any atom is 0.308 e. The van der Waals surface area contributed by atoms with Gasteiger partial charge in [0, 0.05) is 32.0 Å². The average molecular weight is 354 g/mol. The molecule has 0 bridgehead atoms. The van der Waals surface area contributed by atoms with Gasteiger partial charge in [-0.2, -0.15) is 0 Å². The number of aliphatic carboxylic acids is 1. The minimum atomic E-state index is -0.822. The van der Waals surface area contributed by atoms with Crippen molar-refractivity contribution in [2.24, 2.45) is 5.92 Å². The monoisotopic (exact) mass is 354 g/mol. The van der Waals surface area contributed by atoms with Gasteiger partial charge in [0.05, 0.1) is 5.92 Å². The third-order valence-corrected chi connectivity index (χ3v) is 4.81. The van der Waals surface area contributed by atoms with Crippen LogP contribution in [0.3, 0.4) is 0 Å². The molecule has 0 aromatic carbocycles. The van der Waals surface area contributed by atoms with E-state index in [4.69, 9.17) is 0 Å². The van der Waals surface area contributed by atoms with E-state index < -0.39 is 11.9 Å². The predicted molar refractivity (Wildman–Crippen MR) is 97.2 cm³/mol. The van der Waals surface area contributed by atoms with E-state index in [1.54, 1.807) is 0 Å². The quantitative estimate of drug-likeness (QED) is 0.591. The summed E-state index contributed by atoms with van der Waals surface area (Å²) in [5.74, 6) is -1.34. The topological polar surface area (TPSA) is 86.7 Å². The number of nitrogens with one attached hydrogen (secondary N) is 1. The predicted octanol–water partition coefficient (Wildman–Crippen LogP) is 2.96. The lowest BCUT2D eigenvalue weighted by atomic mass is 9.94. The molecule has 6 nitrogen and oxygen atoms in total. The van der Waals surface area contributed by atoms with E-state index in [0.717, 1.165) is 51.6 Å². The minimum absolute atomic E-state index is 0.106. The number of nitrogens with zero attached hydrogens (tertiary/aromatic N) is 1. The molecule has 2 N–H and O–H groups in total. The fraction of sp³-hybridized carbons (Fsp3) is 0.842. The number of carbonyl (C=O) groups is 3. The molecule has 1 rings (SSSR count). The number of carboxylic acids is 1. The number of rotatable bonds is 10. The van der Waals surface area contributed by atoms with Gasteiger partial charge in [0.1, 0.15) is 0 Å². The second kappa shape index (κ2) is 11.9. The summed E-state index contributed by atoms with van der Waals surface area (Å²) in [5.41, 5.74) is 0. The fourth-order valence-electron chi connectivity index (χ4n) is 3.51. The Morgan fingerprint density at radius 2 is 1.64 bits per heavy atom. The molecule has 1 saturated carbocycles. The lowest BCUT2D eigenvalue weighted by molar-refractivity contribution is -0.143. The summed E-state index contributed by atoms with van der Waals surface area (Å²) in [6.07, 6.45) is 7.27. The molecular formula is C19H34N2O4. The Balaban J connectivity index is 2.40. The van der Waals surface area contributed by atoms with E-state index in [1.807, 2.05) is 4.90 Å². The highest BCUT2D eigenvalue weighted by molar-refractivity contribution is 5.80. The van der Waals surface area contributed by atoms with Gasteiger partial charge in [-0.1, -0.05) is 33.1 Å². The summed E-state index contributed by atoms with van der Waals surface area (Å²) >= 11 is 0. The van der Waals surface area contributed by atoms with Crippen molar-refractivity contribution in [2.75, 3.05) is 13.1 Å². The Hall–Kier alpha value is -1.59. The van der Waals surface area contributed by atoms with Crippen molar-refractivity contribution in [1.82, 2.24) is 10.2 Å². The third kappa shape index (κ3) is 7.88. The number of carbonyl (C=O) groups excluding carboxylic acids is 2. The van der Waals surface area contributed by atoms with Crippen LogP contribution in [-0.2, 0) is 14.4 Å². The first-order valence-electron chi connectivity index (χ1n) is 9.79. The standard InChI is InChI=1S/C19H34N2O4/c1-3-13-21(14-4-2)18(23)12-8-11-17(22)20-16-10-7-5-6-9-15(16)19(24)25/h15-16H,3-14H2,1-2H3,(H,20,22)(H,24,25)/t15-,16+/m1/s1. The van der Waals surface area contributed by atoms with Gasteiger partial charge >= 0.3 is 5.97 Å². The van der Waals surface area contributed by atoms with Crippen LogP contribution >= 0.6 is 0 Å². The molecule has 2 atom stereocenters. The van der Waals surface area contributed by atoms with Crippen molar-refractivity contribution in [3.63, 3.8) is 0 Å². The molecule has 1 aliphatic rings. The molecule has 0 spiro atoms. The molecule has 0 aromatic rings. The second-order valence-electron chi connectivity index (χ2n) is 6.99. The Morgan fingerprint density at radius 3 is 2.24 bits per heavy atom. The van der Waals surface area contributed by atoms with Crippen LogP contribution in [0, 0.1) is 5.92 Å². The molecule has 1 fully saturated rings. The highest BCUT2D eigenvalue weighted by Gasteiger charge is 2.30. The molecular weight excluding hydrogens is 320 g/mol. The number of amides is 2. The Morgan fingerprint density at radius 1 is 1.00 bits per heavy atom. The van der Waals surface area contributed by atoms with Crippen molar-refractivity contribution in [1.29, 1.82) is 0 Å². The molecule has 6 heteroatoms. The van der Waals surface area contributed by atoms with E-state index in [1.165, 1.54) is 0 Å². The summed E-state index contributed by atoms with van der Waals surface area (Å²) in [5, 5.41) is 12.3. The molecule has 144 valence electrons. The highest BCUT2D eigenvalue weighted by atomic mass is 16.4. The zero-order valence-electron chi connectivity index (χ0n) is 15.8. The SMILES string of the molecule is CCCN(CCC)C(=O)CCCC(=O)N[C@H]1CCCCC[C@H]1C(=O)O. The zero-order chi connectivity index (χ0) is 18.7. The average Bonchev–Trinajstić information content (AvgIpc) is 2.80. The van der Waals surface area contributed by atoms with Crippen LogP contribution in [0.1, 0.15) is 78.1 Å². The minimum Gasteiger partial charge on any atom is -0.481 e. The first kappa shape index (κ1) is 21.5. The van der Waals surface area contributed by atoms with E-state index in [0.29, 0.717) is 19.3 Å². The lowest BCUT2D eigenvalue weighted by Gasteiger charge is -2.23. The van der Waals surface area contributed by atoms with Crippen LogP contribution in [0.5, 0.6) is 0 Å². The van der Waals surface area contributed by atoms with Crippen LogP contribution < -0.4 is 5.32 Å². The van der Waals surface area contributed by atoms with Crippen molar-refractivity contribution < 1.29 is 19.5 Å². The van der Waals surface area contributed by atoms with Gasteiger partial charge in [-0.15, -0.1) is 0 Å². The van der Waals surface area contributed by atoms with Crippen LogP contribution in [0.15, 0.2) is 0 Å². The van der Waals surface area contributed by atoms with Gasteiger partial charge in [0.25, 0.3) is 0 Å². The maximum absolute atomic E-state index is 12.2. The molecule has 0 heterocycles. The van der Waals surface area contributed by atoms with Crippen molar-refractivity contribution >= 4 is 17.8 Å². The van der Waals surface area contributed by atoms with E-state index in [2.05, 4.69) is 19.2 Å². The van der Waals surface area contributed by atoms with E-state index in [-0.39, 0.29) is 24.3 Å². The van der Waals surface area contributed by atoms with Crippen LogP contribution in [0.4, 0.5) is 0 Å². The first-order chi connectivity index (χ1) is 12.0. The molecule has 25 heavy (non-hydrogen) atoms. The normalized spacial score (nSPS) is 20.6. The first-order valence-corrected chi connectivity index (χ1v) is 9.79. The summed E-state index contributed by atoms with van der Waals surface area (Å²) in [6, 6.07) is -0.278. The lowest BCUT2D eigenvalue weighted by Crippen LogP contribution is -2.42. The summed E-state index contributed by atoms with van der Waals surface area (Å²) in [7, 11) is 0. The second-order valence-corrected chi connectivity index (χ2v) is 6.99. The smallest absolute Gasteiger partial charge is 0.308 e. The third-order valence-electron chi connectivity index (χ3n) is 4.81. The van der Waals surface area contributed by atoms with Gasteiger partial charge in [0.15, 0.2) is 0 Å². The van der Waals surface area contributed by atoms with Crippen molar-refractivity contribution in [2.45, 2.75) is 84.1 Å². The van der Waals surface area contributed by atoms with Gasteiger partial charge in [-0.3, -0.25) is 14.4 Å². The van der Waals surface area contributed by atoms with E-state index >= 15 is 0 Å². The van der Waals surface area contributed by atoms with Crippen molar-refractivity contribution in [3.8, 4) is 0 Å². The number of hydrogen-bond acceptors (Lipinski definition) is 3. The fourth-order valence-corrected chi connectivity index (χ4v) is 3.51. The summed E-state index contributed by atoms with van der Waals surface area (Å²) in [4.78, 5) is 37.6. The molecule has 0 aromatic heterocycles. The van der Waals surface area contributed by atoms with Crippen LogP contribution in [0.2, 0.25) is 0 Å². The Kier molecular flexibility index (Phi) is 10.2. The van der Waals surface area contributed by atoms with Gasteiger partial charge in [-0.05, 0) is 32.1 Å². The molecule has 0 saturated heterocycles.